The number of benzene rings is 1. The molecule has 1 heterocycles. The lowest BCUT2D eigenvalue weighted by atomic mass is 9.78. The summed E-state index contributed by atoms with van der Waals surface area (Å²) in [5.74, 6) is 1.40. The van der Waals surface area contributed by atoms with Gasteiger partial charge in [-0.3, -0.25) is 5.10 Å². The first-order valence-electron chi connectivity index (χ1n) is 7.69. The van der Waals surface area contributed by atoms with Crippen molar-refractivity contribution in [2.45, 2.75) is 52.4 Å². The number of halogens is 1. The number of nitrogens with two attached hydrogens (primary N) is 1. The minimum Gasteiger partial charge on any atom is -0.496 e. The van der Waals surface area contributed by atoms with Gasteiger partial charge in [0.15, 0.2) is 5.82 Å². The summed E-state index contributed by atoms with van der Waals surface area (Å²) in [5, 5.41) is 7.20. The number of rotatable bonds is 2. The van der Waals surface area contributed by atoms with Crippen molar-refractivity contribution in [2.75, 3.05) is 12.8 Å². The highest BCUT2D eigenvalue weighted by Gasteiger charge is 2.27. The van der Waals surface area contributed by atoms with Crippen LogP contribution in [0.25, 0.3) is 11.3 Å². The van der Waals surface area contributed by atoms with Crippen LogP contribution in [-0.2, 0) is 10.8 Å². The summed E-state index contributed by atoms with van der Waals surface area (Å²) in [4.78, 5) is 0. The first-order chi connectivity index (χ1) is 10.5. The number of hydrogen-bond acceptors (Lipinski definition) is 3. The zero-order chi connectivity index (χ0) is 17.6. The molecular formula is C18H26IN3O. The Labute approximate surface area is 152 Å². The number of hydrogen-bond donors (Lipinski definition) is 2. The number of anilines is 1. The van der Waals surface area contributed by atoms with Crippen LogP contribution in [0.4, 0.5) is 5.82 Å². The Morgan fingerprint density at radius 1 is 1.09 bits per heavy atom. The van der Waals surface area contributed by atoms with Gasteiger partial charge in [-0.2, -0.15) is 5.10 Å². The van der Waals surface area contributed by atoms with E-state index in [0.29, 0.717) is 5.82 Å². The number of ether oxygens (including phenoxy) is 1. The summed E-state index contributed by atoms with van der Waals surface area (Å²) >= 11 is 2.23. The standard InChI is InChI=1S/C18H26IN3O/c1-17(2,3)10-8-11(14-13(19)16(20)22-21-14)15(23-7)12(9-10)18(4,5)6/h8-9H,1-7H3,(H3,20,21,22). The second-order valence-electron chi connectivity index (χ2n) is 7.90. The molecule has 0 aliphatic heterocycles. The normalized spacial score (nSPS) is 12.5. The SMILES string of the molecule is COc1c(-c2[nH]nc(N)c2I)cc(C(C)(C)C)cc1C(C)(C)C. The second kappa shape index (κ2) is 6.00. The monoisotopic (exact) mass is 427 g/mol. The van der Waals surface area contributed by atoms with Gasteiger partial charge in [0.25, 0.3) is 0 Å². The van der Waals surface area contributed by atoms with Gasteiger partial charge in [0, 0.05) is 11.1 Å². The minimum atomic E-state index is -0.0294. The van der Waals surface area contributed by atoms with Crippen LogP contribution in [0.1, 0.15) is 52.7 Å². The van der Waals surface area contributed by atoms with Gasteiger partial charge in [0.1, 0.15) is 5.75 Å². The Hall–Kier alpha value is -1.24. The van der Waals surface area contributed by atoms with Crippen molar-refractivity contribution >= 4 is 28.4 Å². The lowest BCUT2D eigenvalue weighted by Crippen LogP contribution is -2.18. The molecule has 0 saturated heterocycles. The van der Waals surface area contributed by atoms with Crippen molar-refractivity contribution in [1.29, 1.82) is 0 Å². The van der Waals surface area contributed by atoms with Gasteiger partial charge in [0.2, 0.25) is 0 Å². The molecule has 0 radical (unpaired) electrons. The molecule has 4 nitrogen and oxygen atoms in total. The summed E-state index contributed by atoms with van der Waals surface area (Å²) < 4.78 is 6.72. The molecule has 3 N–H and O–H groups in total. The Morgan fingerprint density at radius 3 is 2.09 bits per heavy atom. The maximum atomic E-state index is 5.93. The zero-order valence-electron chi connectivity index (χ0n) is 15.0. The number of aromatic nitrogens is 2. The van der Waals surface area contributed by atoms with E-state index in [1.165, 1.54) is 11.1 Å². The molecule has 0 bridgehead atoms. The van der Waals surface area contributed by atoms with Crippen LogP contribution in [0.3, 0.4) is 0 Å². The minimum absolute atomic E-state index is 0.0294. The Balaban J connectivity index is 2.86. The fraction of sp³-hybridized carbons (Fsp3) is 0.500. The Morgan fingerprint density at radius 2 is 1.70 bits per heavy atom. The zero-order valence-corrected chi connectivity index (χ0v) is 17.1. The smallest absolute Gasteiger partial charge is 0.159 e. The van der Waals surface area contributed by atoms with Crippen LogP contribution in [0.2, 0.25) is 0 Å². The average molecular weight is 427 g/mol. The van der Waals surface area contributed by atoms with Crippen LogP contribution >= 0.6 is 22.6 Å². The maximum absolute atomic E-state index is 5.93. The van der Waals surface area contributed by atoms with E-state index < -0.39 is 0 Å². The molecule has 1 aromatic heterocycles. The lowest BCUT2D eigenvalue weighted by molar-refractivity contribution is 0.398. The third kappa shape index (κ3) is 3.49. The number of aromatic amines is 1. The van der Waals surface area contributed by atoms with E-state index in [-0.39, 0.29) is 10.8 Å². The first kappa shape index (κ1) is 18.1. The van der Waals surface area contributed by atoms with E-state index in [0.717, 1.165) is 20.6 Å². The predicted molar refractivity (Wildman–Crippen MR) is 105 cm³/mol. The highest BCUT2D eigenvalue weighted by atomic mass is 127. The van der Waals surface area contributed by atoms with Gasteiger partial charge in [-0.05, 0) is 45.1 Å². The number of nitrogens with zero attached hydrogens (tertiary/aromatic N) is 1. The molecule has 0 atom stereocenters. The molecule has 0 aliphatic carbocycles. The Kier molecular flexibility index (Phi) is 4.72. The van der Waals surface area contributed by atoms with E-state index in [2.05, 4.69) is 86.5 Å². The van der Waals surface area contributed by atoms with Gasteiger partial charge in [-0.15, -0.1) is 0 Å². The largest absolute Gasteiger partial charge is 0.496 e. The number of nitrogens with one attached hydrogen (secondary N) is 1. The summed E-state index contributed by atoms with van der Waals surface area (Å²) in [5.41, 5.74) is 10.3. The molecule has 0 aliphatic rings. The van der Waals surface area contributed by atoms with Crippen LogP contribution in [-0.4, -0.2) is 17.3 Å². The molecule has 0 saturated carbocycles. The first-order valence-corrected chi connectivity index (χ1v) is 8.77. The van der Waals surface area contributed by atoms with E-state index in [1.54, 1.807) is 7.11 Å². The number of methoxy groups -OCH3 is 1. The Bertz CT molecular complexity index is 721. The molecule has 5 heteroatoms. The molecule has 0 amide bonds. The molecule has 0 fully saturated rings. The molecule has 23 heavy (non-hydrogen) atoms. The molecular weight excluding hydrogens is 401 g/mol. The maximum Gasteiger partial charge on any atom is 0.159 e. The van der Waals surface area contributed by atoms with Crippen LogP contribution < -0.4 is 10.5 Å². The van der Waals surface area contributed by atoms with Gasteiger partial charge in [-0.1, -0.05) is 47.6 Å². The van der Waals surface area contributed by atoms with Crippen molar-refractivity contribution < 1.29 is 4.74 Å². The highest BCUT2D eigenvalue weighted by Crippen LogP contribution is 2.43. The lowest BCUT2D eigenvalue weighted by Gasteiger charge is -2.28. The quantitative estimate of drug-likeness (QED) is 0.673. The average Bonchev–Trinajstić information content (AvgIpc) is 2.75. The van der Waals surface area contributed by atoms with E-state index in [1.807, 2.05) is 0 Å². The summed E-state index contributed by atoms with van der Waals surface area (Å²) in [6.45, 7) is 13.3. The van der Waals surface area contributed by atoms with Crippen LogP contribution in [0, 0.1) is 3.57 Å². The van der Waals surface area contributed by atoms with E-state index in [9.17, 15) is 0 Å². The van der Waals surface area contributed by atoms with Crippen molar-refractivity contribution in [1.82, 2.24) is 10.2 Å². The third-order valence-electron chi connectivity index (χ3n) is 3.97. The third-order valence-corrected chi connectivity index (χ3v) is 5.06. The topological polar surface area (TPSA) is 63.9 Å². The molecule has 0 unspecified atom stereocenters. The van der Waals surface area contributed by atoms with Gasteiger partial charge in [-0.25, -0.2) is 0 Å². The predicted octanol–water partition coefficient (Wildman–Crippen LogP) is 4.87. The van der Waals surface area contributed by atoms with E-state index in [4.69, 9.17) is 10.5 Å². The van der Waals surface area contributed by atoms with E-state index >= 15 is 0 Å². The highest BCUT2D eigenvalue weighted by molar-refractivity contribution is 14.1. The van der Waals surface area contributed by atoms with Crippen molar-refractivity contribution in [2.24, 2.45) is 0 Å². The van der Waals surface area contributed by atoms with Gasteiger partial charge < -0.3 is 10.5 Å². The molecule has 2 aromatic rings. The molecule has 126 valence electrons. The fourth-order valence-corrected chi connectivity index (χ4v) is 3.08. The van der Waals surface area contributed by atoms with Crippen molar-refractivity contribution in [3.63, 3.8) is 0 Å². The van der Waals surface area contributed by atoms with Crippen molar-refractivity contribution in [3.05, 3.63) is 26.8 Å². The van der Waals surface area contributed by atoms with Gasteiger partial charge in [0.05, 0.1) is 16.4 Å². The van der Waals surface area contributed by atoms with Crippen molar-refractivity contribution in [3.8, 4) is 17.0 Å². The van der Waals surface area contributed by atoms with Gasteiger partial charge >= 0.3 is 0 Å². The molecule has 1 aromatic carbocycles. The van der Waals surface area contributed by atoms with Crippen LogP contribution in [0.15, 0.2) is 12.1 Å². The molecule has 0 spiro atoms. The second-order valence-corrected chi connectivity index (χ2v) is 8.98. The summed E-state index contributed by atoms with van der Waals surface area (Å²) in [6, 6.07) is 4.44. The number of H-pyrrole nitrogens is 1. The molecule has 2 rings (SSSR count). The fourth-order valence-electron chi connectivity index (χ4n) is 2.55. The summed E-state index contributed by atoms with van der Waals surface area (Å²) in [7, 11) is 1.72. The summed E-state index contributed by atoms with van der Waals surface area (Å²) in [6.07, 6.45) is 0. The van der Waals surface area contributed by atoms with Crippen LogP contribution in [0.5, 0.6) is 5.75 Å². The number of nitrogen functional groups attached to an aromatic ring is 1.